The molecule has 5 aromatic carbocycles. The van der Waals surface area contributed by atoms with E-state index in [1.54, 1.807) is 24.3 Å². The van der Waals surface area contributed by atoms with Crippen molar-refractivity contribution in [2.45, 2.75) is 91.4 Å². The molecule has 5 aromatic rings. The SMILES string of the molecule is Cc1cccc(COC[C@H]2OC(OCc3ccccc3C(=O)O)[C@H](OCc3cccc(C)c3)[C@@H](OCc3cccc(C)c3)[C@@H]2OCc2cccc(C)c2)c1. The number of hydrogen-bond acceptors (Lipinski definition) is 7. The van der Waals surface area contributed by atoms with Crippen LogP contribution in [0.15, 0.2) is 121 Å². The lowest BCUT2D eigenvalue weighted by Gasteiger charge is -2.46. The molecule has 0 amide bonds. The number of aryl methyl sites for hydroxylation is 4. The van der Waals surface area contributed by atoms with Crippen molar-refractivity contribution in [1.29, 1.82) is 0 Å². The van der Waals surface area contributed by atoms with Crippen molar-refractivity contribution in [3.8, 4) is 0 Å². The summed E-state index contributed by atoms with van der Waals surface area (Å²) in [4.78, 5) is 12.1. The first kappa shape index (κ1) is 39.0. The summed E-state index contributed by atoms with van der Waals surface area (Å²) in [6.45, 7) is 9.65. The zero-order valence-electron chi connectivity index (χ0n) is 31.5. The molecule has 0 aliphatic carbocycles. The van der Waals surface area contributed by atoms with E-state index in [4.69, 9.17) is 28.4 Å². The van der Waals surface area contributed by atoms with Gasteiger partial charge in [-0.05, 0) is 61.6 Å². The number of carboxylic acids is 1. The first-order valence-corrected chi connectivity index (χ1v) is 18.4. The van der Waals surface area contributed by atoms with Gasteiger partial charge in [-0.3, -0.25) is 0 Å². The molecular formula is C46H50O8. The molecule has 1 saturated heterocycles. The highest BCUT2D eigenvalue weighted by Crippen LogP contribution is 2.32. The molecule has 54 heavy (non-hydrogen) atoms. The molecule has 282 valence electrons. The van der Waals surface area contributed by atoms with Crippen LogP contribution in [0.25, 0.3) is 0 Å². The number of rotatable bonds is 17. The van der Waals surface area contributed by atoms with Gasteiger partial charge in [0.25, 0.3) is 0 Å². The highest BCUT2D eigenvalue weighted by atomic mass is 16.7. The predicted molar refractivity (Wildman–Crippen MR) is 207 cm³/mol. The van der Waals surface area contributed by atoms with Crippen LogP contribution in [0.2, 0.25) is 0 Å². The van der Waals surface area contributed by atoms with E-state index >= 15 is 0 Å². The van der Waals surface area contributed by atoms with Crippen molar-refractivity contribution in [2.24, 2.45) is 0 Å². The van der Waals surface area contributed by atoms with Gasteiger partial charge in [0.1, 0.15) is 24.4 Å². The van der Waals surface area contributed by atoms with Crippen LogP contribution in [0.4, 0.5) is 0 Å². The quantitative estimate of drug-likeness (QED) is 0.102. The largest absolute Gasteiger partial charge is 0.478 e. The van der Waals surface area contributed by atoms with Crippen molar-refractivity contribution in [2.75, 3.05) is 6.61 Å². The van der Waals surface area contributed by atoms with Crippen LogP contribution in [0.1, 0.15) is 60.4 Å². The molecule has 0 aromatic heterocycles. The Hall–Kier alpha value is -4.67. The Bertz CT molecular complexity index is 1970. The van der Waals surface area contributed by atoms with E-state index in [-0.39, 0.29) is 25.4 Å². The Balaban J connectivity index is 1.35. The standard InChI is InChI=1S/C46H50O8/c1-31-11-7-15-35(21-31)25-49-30-41-42(50-26-36-16-8-12-32(2)22-36)43(51-27-37-17-9-13-33(3)23-37)44(52-28-38-18-10-14-34(4)24-38)46(54-41)53-29-39-19-5-6-20-40(39)45(47)48/h5-24,41-44,46H,25-30H2,1-4H3,(H,47,48)/t41-,42-,43+,44-,46?/m1/s1. The molecule has 5 atom stereocenters. The maximum Gasteiger partial charge on any atom is 0.336 e. The third-order valence-electron chi connectivity index (χ3n) is 9.45. The molecule has 8 nitrogen and oxygen atoms in total. The van der Waals surface area contributed by atoms with Gasteiger partial charge in [-0.1, -0.05) is 138 Å². The first-order valence-electron chi connectivity index (χ1n) is 18.4. The number of ether oxygens (including phenoxy) is 6. The summed E-state index contributed by atoms with van der Waals surface area (Å²) < 4.78 is 40.1. The van der Waals surface area contributed by atoms with Crippen LogP contribution < -0.4 is 0 Å². The van der Waals surface area contributed by atoms with E-state index < -0.39 is 36.7 Å². The van der Waals surface area contributed by atoms with E-state index in [2.05, 4.69) is 63.2 Å². The van der Waals surface area contributed by atoms with E-state index in [0.29, 0.717) is 25.4 Å². The fourth-order valence-electron chi connectivity index (χ4n) is 6.82. The first-order chi connectivity index (χ1) is 26.2. The van der Waals surface area contributed by atoms with E-state index in [0.717, 1.165) is 44.5 Å². The molecule has 1 unspecified atom stereocenters. The van der Waals surface area contributed by atoms with Gasteiger partial charge in [-0.2, -0.15) is 0 Å². The minimum Gasteiger partial charge on any atom is -0.478 e. The topological polar surface area (TPSA) is 92.7 Å². The smallest absolute Gasteiger partial charge is 0.336 e. The van der Waals surface area contributed by atoms with Gasteiger partial charge in [0, 0.05) is 0 Å². The highest BCUT2D eigenvalue weighted by Gasteiger charge is 2.49. The van der Waals surface area contributed by atoms with Crippen molar-refractivity contribution in [3.63, 3.8) is 0 Å². The van der Waals surface area contributed by atoms with Crippen LogP contribution in [0.3, 0.4) is 0 Å². The third kappa shape index (κ3) is 10.9. The number of aromatic carboxylic acids is 1. The van der Waals surface area contributed by atoms with Gasteiger partial charge in [0.2, 0.25) is 0 Å². The molecule has 1 heterocycles. The normalized spacial score (nSPS) is 19.8. The van der Waals surface area contributed by atoms with Crippen molar-refractivity contribution in [3.05, 3.63) is 177 Å². The fraction of sp³-hybridized carbons (Fsp3) is 0.326. The van der Waals surface area contributed by atoms with Crippen LogP contribution in [0, 0.1) is 27.7 Å². The van der Waals surface area contributed by atoms with E-state index in [9.17, 15) is 9.90 Å². The van der Waals surface area contributed by atoms with Crippen LogP contribution >= 0.6 is 0 Å². The molecule has 0 spiro atoms. The minimum absolute atomic E-state index is 0.0201. The zero-order valence-corrected chi connectivity index (χ0v) is 31.5. The second-order valence-electron chi connectivity index (χ2n) is 14.1. The summed E-state index contributed by atoms with van der Waals surface area (Å²) in [5, 5.41) is 9.92. The molecule has 1 fully saturated rings. The molecule has 8 heteroatoms. The lowest BCUT2D eigenvalue weighted by Crippen LogP contribution is -2.61. The molecule has 1 aliphatic rings. The third-order valence-corrected chi connectivity index (χ3v) is 9.45. The maximum atomic E-state index is 12.1. The van der Waals surface area contributed by atoms with Crippen molar-refractivity contribution in [1.82, 2.24) is 0 Å². The fourth-order valence-corrected chi connectivity index (χ4v) is 6.82. The van der Waals surface area contributed by atoms with Crippen molar-refractivity contribution < 1.29 is 38.3 Å². The average molecular weight is 731 g/mol. The summed E-state index contributed by atoms with van der Waals surface area (Å²) in [7, 11) is 0. The van der Waals surface area contributed by atoms with Crippen molar-refractivity contribution >= 4 is 5.97 Å². The van der Waals surface area contributed by atoms with Gasteiger partial charge in [-0.25, -0.2) is 4.79 Å². The minimum atomic E-state index is -1.03. The van der Waals surface area contributed by atoms with E-state index in [1.165, 1.54) is 0 Å². The molecular weight excluding hydrogens is 680 g/mol. The molecule has 1 aliphatic heterocycles. The lowest BCUT2D eigenvalue weighted by molar-refractivity contribution is -0.330. The van der Waals surface area contributed by atoms with Crippen LogP contribution in [-0.2, 0) is 61.5 Å². The van der Waals surface area contributed by atoms with Gasteiger partial charge < -0.3 is 33.5 Å². The average Bonchev–Trinajstić information content (AvgIpc) is 3.15. The number of hydrogen-bond donors (Lipinski definition) is 1. The molecule has 6 rings (SSSR count). The second kappa shape index (κ2) is 19.1. The van der Waals surface area contributed by atoms with Gasteiger partial charge in [0.05, 0.1) is 45.2 Å². The Morgan fingerprint density at radius 1 is 0.537 bits per heavy atom. The monoisotopic (exact) mass is 730 g/mol. The summed E-state index contributed by atoms with van der Waals surface area (Å²) in [6.07, 6.45) is -3.63. The van der Waals surface area contributed by atoms with E-state index in [1.807, 2.05) is 61.5 Å². The molecule has 1 N–H and O–H groups in total. The Labute approximate surface area is 318 Å². The molecule has 0 bridgehead atoms. The van der Waals surface area contributed by atoms with Crippen LogP contribution in [-0.4, -0.2) is 48.4 Å². The molecule has 0 radical (unpaired) electrons. The number of carboxylic acid groups (broad SMARTS) is 1. The van der Waals surface area contributed by atoms with Gasteiger partial charge >= 0.3 is 5.97 Å². The maximum absolute atomic E-state index is 12.1. The van der Waals surface area contributed by atoms with Crippen LogP contribution in [0.5, 0.6) is 0 Å². The summed E-state index contributed by atoms with van der Waals surface area (Å²) in [6, 6.07) is 39.6. The Morgan fingerprint density at radius 2 is 1.00 bits per heavy atom. The van der Waals surface area contributed by atoms with Gasteiger partial charge in [-0.15, -0.1) is 0 Å². The van der Waals surface area contributed by atoms with Gasteiger partial charge in [0.15, 0.2) is 6.29 Å². The summed E-state index contributed by atoms with van der Waals surface area (Å²) in [5.41, 5.74) is 9.28. The Kier molecular flexibility index (Phi) is 13.8. The number of carbonyl (C=O) groups is 1. The molecule has 0 saturated carbocycles. The highest BCUT2D eigenvalue weighted by molar-refractivity contribution is 5.89. The summed E-state index contributed by atoms with van der Waals surface area (Å²) in [5.74, 6) is -1.03. The zero-order chi connectivity index (χ0) is 37.9. The lowest BCUT2D eigenvalue weighted by atomic mass is 9.97. The second-order valence-corrected chi connectivity index (χ2v) is 14.1. The number of benzene rings is 5. The summed E-state index contributed by atoms with van der Waals surface area (Å²) >= 11 is 0. The Morgan fingerprint density at radius 3 is 1.50 bits per heavy atom. The predicted octanol–water partition coefficient (Wildman–Crippen LogP) is 8.83.